The van der Waals surface area contributed by atoms with Gasteiger partial charge in [0.15, 0.2) is 0 Å². The summed E-state index contributed by atoms with van der Waals surface area (Å²) in [6.07, 6.45) is 1.90. The number of hydrogen-bond donors (Lipinski definition) is 3. The van der Waals surface area contributed by atoms with Crippen molar-refractivity contribution in [3.05, 3.63) is 27.9 Å². The summed E-state index contributed by atoms with van der Waals surface area (Å²) in [4.78, 5) is 20.6. The number of likely N-dealkylation sites (tertiary alicyclic amines) is 1. The van der Waals surface area contributed by atoms with Crippen molar-refractivity contribution in [2.24, 2.45) is 5.41 Å². The van der Waals surface area contributed by atoms with Crippen LogP contribution in [0.4, 0.5) is 0 Å². The zero-order chi connectivity index (χ0) is 15.5. The SMILES string of the molecule is CCC[C@@]1(CO)CN(Cc2cc(=O)[nH]c(C)n2)CC[C@@H]1O. The summed E-state index contributed by atoms with van der Waals surface area (Å²) in [6.45, 7) is 5.76. The molecule has 0 aromatic carbocycles. The quantitative estimate of drug-likeness (QED) is 0.733. The fourth-order valence-electron chi connectivity index (χ4n) is 3.31. The molecular formula is C15H25N3O3. The number of nitrogens with one attached hydrogen (secondary N) is 1. The van der Waals surface area contributed by atoms with Crippen molar-refractivity contribution in [2.75, 3.05) is 19.7 Å². The van der Waals surface area contributed by atoms with Crippen LogP contribution in [0.1, 0.15) is 37.7 Å². The van der Waals surface area contributed by atoms with E-state index in [0.717, 1.165) is 25.1 Å². The van der Waals surface area contributed by atoms with Gasteiger partial charge in [-0.05, 0) is 19.8 Å². The Hall–Kier alpha value is -1.24. The lowest BCUT2D eigenvalue weighted by Crippen LogP contribution is -2.53. The average molecular weight is 295 g/mol. The van der Waals surface area contributed by atoms with E-state index in [4.69, 9.17) is 0 Å². The van der Waals surface area contributed by atoms with Gasteiger partial charge >= 0.3 is 0 Å². The van der Waals surface area contributed by atoms with Crippen LogP contribution < -0.4 is 5.56 Å². The Kier molecular flexibility index (Phi) is 5.13. The minimum atomic E-state index is -0.465. The van der Waals surface area contributed by atoms with E-state index in [1.54, 1.807) is 6.92 Å². The van der Waals surface area contributed by atoms with Crippen LogP contribution >= 0.6 is 0 Å². The molecule has 2 rings (SSSR count). The second-order valence-corrected chi connectivity index (χ2v) is 6.11. The van der Waals surface area contributed by atoms with Crippen molar-refractivity contribution in [2.45, 2.75) is 45.8 Å². The molecule has 0 unspecified atom stereocenters. The first kappa shape index (κ1) is 16.1. The normalized spacial score (nSPS) is 27.0. The Morgan fingerprint density at radius 1 is 1.57 bits per heavy atom. The highest BCUT2D eigenvalue weighted by atomic mass is 16.3. The Labute approximate surface area is 124 Å². The fraction of sp³-hybridized carbons (Fsp3) is 0.733. The maximum atomic E-state index is 11.5. The van der Waals surface area contributed by atoms with Gasteiger partial charge in [-0.1, -0.05) is 13.3 Å². The number of rotatable bonds is 5. The van der Waals surface area contributed by atoms with Crippen molar-refractivity contribution < 1.29 is 10.2 Å². The number of H-pyrrole nitrogens is 1. The molecule has 0 saturated carbocycles. The first-order chi connectivity index (χ1) is 9.99. The first-order valence-corrected chi connectivity index (χ1v) is 7.57. The van der Waals surface area contributed by atoms with Crippen molar-refractivity contribution in [1.29, 1.82) is 0 Å². The second kappa shape index (κ2) is 6.68. The van der Waals surface area contributed by atoms with Crippen LogP contribution in [0, 0.1) is 12.3 Å². The third-order valence-electron chi connectivity index (χ3n) is 4.33. The predicted octanol–water partition coefficient (Wildman–Crippen LogP) is 0.424. The lowest BCUT2D eigenvalue weighted by molar-refractivity contribution is -0.0822. The van der Waals surface area contributed by atoms with E-state index in [1.807, 2.05) is 0 Å². The first-order valence-electron chi connectivity index (χ1n) is 7.57. The Bertz CT molecular complexity index is 531. The van der Waals surface area contributed by atoms with E-state index in [2.05, 4.69) is 21.8 Å². The van der Waals surface area contributed by atoms with Gasteiger partial charge < -0.3 is 15.2 Å². The smallest absolute Gasteiger partial charge is 0.251 e. The summed E-state index contributed by atoms with van der Waals surface area (Å²) in [5.74, 6) is 0.608. The molecule has 0 bridgehead atoms. The van der Waals surface area contributed by atoms with Crippen molar-refractivity contribution in [1.82, 2.24) is 14.9 Å². The summed E-state index contributed by atoms with van der Waals surface area (Å²) in [5, 5.41) is 20.0. The minimum Gasteiger partial charge on any atom is -0.396 e. The van der Waals surface area contributed by atoms with E-state index in [1.165, 1.54) is 6.07 Å². The number of nitrogens with zero attached hydrogens (tertiary/aromatic N) is 2. The highest BCUT2D eigenvalue weighted by molar-refractivity contribution is 5.03. The van der Waals surface area contributed by atoms with Gasteiger partial charge in [-0.15, -0.1) is 0 Å². The molecule has 0 amide bonds. The molecule has 118 valence electrons. The highest BCUT2D eigenvalue weighted by Crippen LogP contribution is 2.35. The van der Waals surface area contributed by atoms with E-state index in [9.17, 15) is 15.0 Å². The molecule has 21 heavy (non-hydrogen) atoms. The van der Waals surface area contributed by atoms with E-state index in [-0.39, 0.29) is 12.2 Å². The molecule has 2 heterocycles. The molecule has 6 heteroatoms. The molecule has 1 saturated heterocycles. The summed E-state index contributed by atoms with van der Waals surface area (Å²) in [5.41, 5.74) is 0.135. The Morgan fingerprint density at radius 2 is 2.33 bits per heavy atom. The zero-order valence-electron chi connectivity index (χ0n) is 12.8. The molecule has 0 aliphatic carbocycles. The van der Waals surface area contributed by atoms with Gasteiger partial charge in [-0.3, -0.25) is 9.69 Å². The fourth-order valence-corrected chi connectivity index (χ4v) is 3.31. The molecular weight excluding hydrogens is 270 g/mol. The predicted molar refractivity (Wildman–Crippen MR) is 79.9 cm³/mol. The summed E-state index contributed by atoms with van der Waals surface area (Å²) in [7, 11) is 0. The summed E-state index contributed by atoms with van der Waals surface area (Å²) >= 11 is 0. The van der Waals surface area contributed by atoms with Crippen LogP contribution in [0.5, 0.6) is 0 Å². The third kappa shape index (κ3) is 3.70. The van der Waals surface area contributed by atoms with Gasteiger partial charge in [0.05, 0.1) is 18.4 Å². The number of hydrogen-bond acceptors (Lipinski definition) is 5. The minimum absolute atomic E-state index is 0.0136. The largest absolute Gasteiger partial charge is 0.396 e. The lowest BCUT2D eigenvalue weighted by Gasteiger charge is -2.45. The number of aliphatic hydroxyl groups is 2. The number of aliphatic hydroxyl groups excluding tert-OH is 2. The molecule has 1 fully saturated rings. The van der Waals surface area contributed by atoms with Crippen LogP contribution in [0.2, 0.25) is 0 Å². The van der Waals surface area contributed by atoms with Crippen molar-refractivity contribution in [3.63, 3.8) is 0 Å². The Morgan fingerprint density at radius 3 is 2.95 bits per heavy atom. The average Bonchev–Trinajstić information content (AvgIpc) is 2.41. The Balaban J connectivity index is 2.12. The van der Waals surface area contributed by atoms with Crippen molar-refractivity contribution >= 4 is 0 Å². The van der Waals surface area contributed by atoms with Gasteiger partial charge in [0.25, 0.3) is 5.56 Å². The number of aromatic nitrogens is 2. The molecule has 0 spiro atoms. The van der Waals surface area contributed by atoms with Gasteiger partial charge in [-0.25, -0.2) is 4.98 Å². The molecule has 1 aromatic heterocycles. The highest BCUT2D eigenvalue weighted by Gasteiger charge is 2.41. The van der Waals surface area contributed by atoms with E-state index < -0.39 is 11.5 Å². The van der Waals surface area contributed by atoms with Gasteiger partial charge in [0.2, 0.25) is 0 Å². The zero-order valence-corrected chi connectivity index (χ0v) is 12.8. The summed E-state index contributed by atoms with van der Waals surface area (Å²) in [6, 6.07) is 1.51. The summed E-state index contributed by atoms with van der Waals surface area (Å²) < 4.78 is 0. The third-order valence-corrected chi connectivity index (χ3v) is 4.33. The number of piperidine rings is 1. The van der Waals surface area contributed by atoms with E-state index >= 15 is 0 Å². The van der Waals surface area contributed by atoms with Crippen LogP contribution in [-0.2, 0) is 6.54 Å². The maximum absolute atomic E-state index is 11.5. The van der Waals surface area contributed by atoms with Crippen LogP contribution in [0.3, 0.4) is 0 Å². The monoisotopic (exact) mass is 295 g/mol. The number of aryl methyl sites for hydroxylation is 1. The van der Waals surface area contributed by atoms with E-state index in [0.29, 0.717) is 25.3 Å². The van der Waals surface area contributed by atoms with Gasteiger partial charge in [0, 0.05) is 31.1 Å². The standard InChI is InChI=1S/C15H25N3O3/c1-3-5-15(10-19)9-18(6-4-13(15)20)8-12-7-14(21)17-11(2)16-12/h7,13,19-20H,3-6,8-10H2,1-2H3,(H,16,17,21)/t13-,15-/m0/s1. The molecule has 6 nitrogen and oxygen atoms in total. The molecule has 0 radical (unpaired) electrons. The number of aromatic amines is 1. The van der Waals surface area contributed by atoms with Gasteiger partial charge in [-0.2, -0.15) is 0 Å². The molecule has 3 N–H and O–H groups in total. The lowest BCUT2D eigenvalue weighted by atomic mass is 9.74. The van der Waals surface area contributed by atoms with Gasteiger partial charge in [0.1, 0.15) is 5.82 Å². The maximum Gasteiger partial charge on any atom is 0.251 e. The topological polar surface area (TPSA) is 89.5 Å². The van der Waals surface area contributed by atoms with Crippen LogP contribution in [0.25, 0.3) is 0 Å². The van der Waals surface area contributed by atoms with Crippen LogP contribution in [-0.4, -0.2) is 50.9 Å². The second-order valence-electron chi connectivity index (χ2n) is 6.11. The molecule has 2 atom stereocenters. The molecule has 1 aliphatic rings. The van der Waals surface area contributed by atoms with Crippen LogP contribution in [0.15, 0.2) is 10.9 Å². The molecule has 1 aromatic rings. The molecule has 1 aliphatic heterocycles. The van der Waals surface area contributed by atoms with Crippen molar-refractivity contribution in [3.8, 4) is 0 Å².